The smallest absolute Gasteiger partial charge is 0.282 e. The molecular formula is C33H35Cl2F2N5O. The second kappa shape index (κ2) is 17.7. The van der Waals surface area contributed by atoms with E-state index in [2.05, 4.69) is 33.2 Å². The Labute approximate surface area is 262 Å². The molecule has 0 atom stereocenters. The molecular weight excluding hydrogens is 591 g/mol. The number of aromatic nitrogens is 3. The largest absolute Gasteiger partial charge is 0.382 e. The van der Waals surface area contributed by atoms with Gasteiger partial charge in [0.25, 0.3) is 12.3 Å². The standard InChI is InChI=1S/C33H35Cl2F2N5O/c1-7-12-25(18-22(5)20-39-23(6)15-16-24(9-3)10-4)26(13-8-2)28(35)21-40-33(43)30-19-29(31(36)37)41-42(30)32-27(34)14-11-17-38-32/h3,10-19,21,31,39H,6-8,20H2,1-2,4-5H3,(H,40,43)/b16-15-,22-18+,24-10-,25-12-,26-13+,28-21-. The predicted octanol–water partition coefficient (Wildman–Crippen LogP) is 8.53. The number of pyridine rings is 1. The van der Waals surface area contributed by atoms with Crippen LogP contribution in [0.2, 0.25) is 5.02 Å². The first-order chi connectivity index (χ1) is 20.6. The van der Waals surface area contributed by atoms with E-state index in [0.29, 0.717) is 24.2 Å². The van der Waals surface area contributed by atoms with Crippen LogP contribution in [0.15, 0.2) is 107 Å². The number of carbonyl (C=O) groups excluding carboxylic acids is 1. The Bertz CT molecular complexity index is 1540. The van der Waals surface area contributed by atoms with Gasteiger partial charge < -0.3 is 10.6 Å². The lowest BCUT2D eigenvalue weighted by atomic mass is 10.0. The van der Waals surface area contributed by atoms with E-state index in [1.54, 1.807) is 6.07 Å². The van der Waals surface area contributed by atoms with Crippen molar-refractivity contribution in [2.45, 2.75) is 47.0 Å². The fourth-order valence-electron chi connectivity index (χ4n) is 3.71. The summed E-state index contributed by atoms with van der Waals surface area (Å²) >= 11 is 12.9. The number of carbonyl (C=O) groups is 1. The highest BCUT2D eigenvalue weighted by Crippen LogP contribution is 2.27. The number of hydrogen-bond donors (Lipinski definition) is 2. The van der Waals surface area contributed by atoms with Crippen LogP contribution in [-0.2, 0) is 0 Å². The molecule has 0 aliphatic heterocycles. The van der Waals surface area contributed by atoms with Gasteiger partial charge in [-0.3, -0.25) is 4.79 Å². The van der Waals surface area contributed by atoms with Crippen molar-refractivity contribution in [3.63, 3.8) is 0 Å². The number of rotatable bonds is 14. The molecule has 2 rings (SSSR count). The molecule has 2 heterocycles. The Hall–Kier alpha value is -4.19. The highest BCUT2D eigenvalue weighted by atomic mass is 35.5. The fourth-order valence-corrected chi connectivity index (χ4v) is 4.16. The normalized spacial score (nSPS) is 13.4. The van der Waals surface area contributed by atoms with Crippen molar-refractivity contribution in [1.82, 2.24) is 25.4 Å². The van der Waals surface area contributed by atoms with Gasteiger partial charge in [0.15, 0.2) is 5.82 Å². The summed E-state index contributed by atoms with van der Waals surface area (Å²) in [6.07, 6.45) is 18.1. The average Bonchev–Trinajstić information content (AvgIpc) is 3.44. The number of allylic oxidation sites excluding steroid dienone is 10. The number of nitrogens with zero attached hydrogens (tertiary/aromatic N) is 3. The number of halogens is 4. The molecule has 0 aliphatic carbocycles. The molecule has 0 radical (unpaired) electrons. The van der Waals surface area contributed by atoms with Crippen LogP contribution in [0.3, 0.4) is 0 Å². The summed E-state index contributed by atoms with van der Waals surface area (Å²) < 4.78 is 27.9. The molecule has 226 valence electrons. The van der Waals surface area contributed by atoms with Gasteiger partial charge in [-0.15, -0.1) is 6.42 Å². The Morgan fingerprint density at radius 1 is 1.26 bits per heavy atom. The Morgan fingerprint density at radius 2 is 1.98 bits per heavy atom. The van der Waals surface area contributed by atoms with E-state index in [1.165, 1.54) is 18.5 Å². The maximum atomic E-state index is 13.5. The molecule has 0 bridgehead atoms. The van der Waals surface area contributed by atoms with Crippen LogP contribution in [0.25, 0.3) is 5.82 Å². The van der Waals surface area contributed by atoms with Crippen molar-refractivity contribution in [1.29, 1.82) is 0 Å². The Morgan fingerprint density at radius 3 is 2.58 bits per heavy atom. The van der Waals surface area contributed by atoms with Gasteiger partial charge in [0, 0.05) is 30.2 Å². The molecule has 6 nitrogen and oxygen atoms in total. The first-order valence-corrected chi connectivity index (χ1v) is 14.3. The number of nitrogens with one attached hydrogen (secondary N) is 2. The van der Waals surface area contributed by atoms with Crippen molar-refractivity contribution in [3.8, 4) is 18.2 Å². The molecule has 2 aromatic heterocycles. The fraction of sp³-hybridized carbons (Fsp3) is 0.242. The number of hydrogen-bond acceptors (Lipinski definition) is 4. The number of amides is 1. The van der Waals surface area contributed by atoms with E-state index in [1.807, 2.05) is 64.2 Å². The molecule has 0 aromatic carbocycles. The second-order valence-electron chi connectivity index (χ2n) is 9.13. The summed E-state index contributed by atoms with van der Waals surface area (Å²) in [5, 5.41) is 10.1. The van der Waals surface area contributed by atoms with Crippen LogP contribution < -0.4 is 10.6 Å². The zero-order valence-electron chi connectivity index (χ0n) is 24.6. The minimum Gasteiger partial charge on any atom is -0.382 e. The molecule has 0 unspecified atom stereocenters. The zero-order chi connectivity index (χ0) is 31.9. The summed E-state index contributed by atoms with van der Waals surface area (Å²) in [6.45, 7) is 12.3. The first kappa shape index (κ1) is 35.0. The molecule has 0 fully saturated rings. The predicted molar refractivity (Wildman–Crippen MR) is 172 cm³/mol. The summed E-state index contributed by atoms with van der Waals surface area (Å²) in [6, 6.07) is 4.09. The van der Waals surface area contributed by atoms with Gasteiger partial charge in [-0.05, 0) is 68.2 Å². The average molecular weight is 627 g/mol. The molecule has 2 aromatic rings. The van der Waals surface area contributed by atoms with Gasteiger partial charge in [-0.1, -0.05) is 79.4 Å². The van der Waals surface area contributed by atoms with E-state index in [0.717, 1.165) is 33.9 Å². The third-order valence-corrected chi connectivity index (χ3v) is 6.40. The molecule has 0 saturated carbocycles. The highest BCUT2D eigenvalue weighted by Gasteiger charge is 2.22. The molecule has 2 N–H and O–H groups in total. The van der Waals surface area contributed by atoms with Crippen molar-refractivity contribution in [3.05, 3.63) is 123 Å². The zero-order valence-corrected chi connectivity index (χ0v) is 26.1. The second-order valence-corrected chi connectivity index (χ2v) is 9.94. The van der Waals surface area contributed by atoms with Crippen LogP contribution >= 0.6 is 23.2 Å². The SMILES string of the molecule is C#CC(/C=C\C(=C)NC/C(C)=C/C(=C/CC)C(=C\CC)/C(Cl)=C/NC(=O)c1cc(C(F)F)nn1-c1ncccc1Cl)=C/C. The van der Waals surface area contributed by atoms with Gasteiger partial charge >= 0.3 is 0 Å². The highest BCUT2D eigenvalue weighted by molar-refractivity contribution is 6.32. The van der Waals surface area contributed by atoms with Crippen LogP contribution in [0.4, 0.5) is 8.78 Å². The van der Waals surface area contributed by atoms with E-state index in [9.17, 15) is 13.6 Å². The Balaban J connectivity index is 2.30. The van der Waals surface area contributed by atoms with E-state index < -0.39 is 18.0 Å². The van der Waals surface area contributed by atoms with Gasteiger partial charge in [0.05, 0.1) is 10.1 Å². The quantitative estimate of drug-likeness (QED) is 0.163. The third-order valence-electron chi connectivity index (χ3n) is 5.79. The summed E-state index contributed by atoms with van der Waals surface area (Å²) in [5.41, 5.74) is 3.25. The first-order valence-electron chi connectivity index (χ1n) is 13.5. The molecule has 0 aliphatic rings. The number of terminal acetylenes is 1. The topological polar surface area (TPSA) is 71.8 Å². The van der Waals surface area contributed by atoms with Crippen molar-refractivity contribution in [2.75, 3.05) is 6.54 Å². The molecule has 10 heteroatoms. The van der Waals surface area contributed by atoms with Crippen LogP contribution in [0, 0.1) is 12.3 Å². The van der Waals surface area contributed by atoms with Crippen LogP contribution in [-0.4, -0.2) is 27.2 Å². The maximum absolute atomic E-state index is 13.5. The minimum absolute atomic E-state index is 0.0433. The summed E-state index contributed by atoms with van der Waals surface area (Å²) in [4.78, 5) is 17.2. The van der Waals surface area contributed by atoms with Gasteiger partial charge in [0.1, 0.15) is 11.4 Å². The van der Waals surface area contributed by atoms with Gasteiger partial charge in [-0.2, -0.15) is 5.10 Å². The lowest BCUT2D eigenvalue weighted by Gasteiger charge is -2.12. The van der Waals surface area contributed by atoms with Gasteiger partial charge in [-0.25, -0.2) is 18.4 Å². The van der Waals surface area contributed by atoms with Crippen molar-refractivity contribution in [2.24, 2.45) is 0 Å². The molecule has 0 spiro atoms. The van der Waals surface area contributed by atoms with E-state index in [4.69, 9.17) is 29.6 Å². The third kappa shape index (κ3) is 10.5. The maximum Gasteiger partial charge on any atom is 0.282 e. The van der Waals surface area contributed by atoms with Crippen molar-refractivity contribution >= 4 is 29.1 Å². The molecule has 0 saturated heterocycles. The summed E-state index contributed by atoms with van der Waals surface area (Å²) in [7, 11) is 0. The number of alkyl halides is 2. The lowest BCUT2D eigenvalue weighted by Crippen LogP contribution is -2.22. The molecule has 43 heavy (non-hydrogen) atoms. The van der Waals surface area contributed by atoms with E-state index >= 15 is 0 Å². The Kier molecular flexibility index (Phi) is 14.4. The molecule has 1 amide bonds. The van der Waals surface area contributed by atoms with Crippen LogP contribution in [0.1, 0.15) is 63.1 Å². The monoisotopic (exact) mass is 625 g/mol. The van der Waals surface area contributed by atoms with Crippen LogP contribution in [0.5, 0.6) is 0 Å². The van der Waals surface area contributed by atoms with Gasteiger partial charge in [0.2, 0.25) is 0 Å². The lowest BCUT2D eigenvalue weighted by molar-refractivity contribution is 0.0962. The van der Waals surface area contributed by atoms with Crippen molar-refractivity contribution < 1.29 is 13.6 Å². The summed E-state index contributed by atoms with van der Waals surface area (Å²) in [5.74, 6) is 1.91. The minimum atomic E-state index is -2.90. The van der Waals surface area contributed by atoms with E-state index in [-0.39, 0.29) is 21.6 Å².